The fourth-order valence-electron chi connectivity index (χ4n) is 1.55. The second kappa shape index (κ2) is 8.70. The Hall–Kier alpha value is -1.35. The van der Waals surface area contributed by atoms with E-state index in [1.54, 1.807) is 6.07 Å². The molecule has 0 fully saturated rings. The molecule has 0 atom stereocenters. The minimum atomic E-state index is -0.260. The molecule has 0 aromatic heterocycles. The van der Waals surface area contributed by atoms with Gasteiger partial charge in [0, 0.05) is 6.61 Å². The summed E-state index contributed by atoms with van der Waals surface area (Å²) in [6.07, 6.45) is 2.19. The van der Waals surface area contributed by atoms with Crippen LogP contribution in [0.3, 0.4) is 0 Å². The lowest BCUT2D eigenvalue weighted by Gasteiger charge is -2.08. The average Bonchev–Trinajstić information content (AvgIpc) is 2.41. The summed E-state index contributed by atoms with van der Waals surface area (Å²) in [5.74, 6) is 0.0913. The van der Waals surface area contributed by atoms with E-state index >= 15 is 0 Å². The highest BCUT2D eigenvalue weighted by Gasteiger charge is 2.08. The molecule has 0 bridgehead atoms. The van der Waals surface area contributed by atoms with Crippen molar-refractivity contribution < 1.29 is 14.3 Å². The summed E-state index contributed by atoms with van der Waals surface area (Å²) in [5.41, 5.74) is 1.60. The maximum atomic E-state index is 11.8. The van der Waals surface area contributed by atoms with Crippen LogP contribution in [-0.4, -0.2) is 19.2 Å². The summed E-state index contributed by atoms with van der Waals surface area (Å²) >= 11 is 0. The quantitative estimate of drug-likeness (QED) is 0.529. The Morgan fingerprint density at radius 3 is 2.79 bits per heavy atom. The highest BCUT2D eigenvalue weighted by atomic mass is 16.5. The number of ether oxygens (including phenoxy) is 2. The Kier molecular flexibility index (Phi) is 7.19. The summed E-state index contributed by atoms with van der Waals surface area (Å²) in [6.45, 7) is 7.94. The molecule has 3 heteroatoms. The van der Waals surface area contributed by atoms with Crippen molar-refractivity contribution in [3.05, 3.63) is 35.4 Å². The van der Waals surface area contributed by atoms with Gasteiger partial charge in [0.05, 0.1) is 18.8 Å². The number of esters is 1. The Bertz CT molecular complexity index is 385. The monoisotopic (exact) mass is 264 g/mol. The molecule has 0 aliphatic heterocycles. The van der Waals surface area contributed by atoms with Gasteiger partial charge in [0.15, 0.2) is 0 Å². The predicted molar refractivity (Wildman–Crippen MR) is 76.1 cm³/mol. The van der Waals surface area contributed by atoms with Crippen molar-refractivity contribution >= 4 is 5.97 Å². The maximum Gasteiger partial charge on any atom is 0.338 e. The van der Waals surface area contributed by atoms with Crippen LogP contribution < -0.4 is 0 Å². The topological polar surface area (TPSA) is 35.5 Å². The van der Waals surface area contributed by atoms with E-state index in [0.717, 1.165) is 25.0 Å². The summed E-state index contributed by atoms with van der Waals surface area (Å²) in [4.78, 5) is 11.8. The van der Waals surface area contributed by atoms with Gasteiger partial charge in [0.1, 0.15) is 0 Å². The first-order chi connectivity index (χ1) is 9.13. The molecular formula is C16H24O3. The Balaban J connectivity index is 2.49. The Labute approximate surface area is 115 Å². The van der Waals surface area contributed by atoms with Crippen LogP contribution in [0.4, 0.5) is 0 Å². The molecule has 1 rings (SSSR count). The first-order valence-electron chi connectivity index (χ1n) is 6.97. The van der Waals surface area contributed by atoms with Gasteiger partial charge in [0.25, 0.3) is 0 Å². The number of rotatable bonds is 8. The molecule has 1 aromatic rings. The summed E-state index contributed by atoms with van der Waals surface area (Å²) < 4.78 is 10.7. The number of unbranched alkanes of at least 4 members (excludes halogenated alkanes) is 1. The smallest absolute Gasteiger partial charge is 0.338 e. The average molecular weight is 264 g/mol. The van der Waals surface area contributed by atoms with E-state index in [0.29, 0.717) is 24.7 Å². The fraction of sp³-hybridized carbons (Fsp3) is 0.562. The number of benzene rings is 1. The number of carbonyl (C=O) groups excluding carboxylic acids is 1. The van der Waals surface area contributed by atoms with Gasteiger partial charge in [-0.25, -0.2) is 4.79 Å². The summed E-state index contributed by atoms with van der Waals surface area (Å²) in [5, 5.41) is 0. The van der Waals surface area contributed by atoms with Crippen LogP contribution in [0.25, 0.3) is 0 Å². The molecule has 0 heterocycles. The lowest BCUT2D eigenvalue weighted by Crippen LogP contribution is -2.10. The lowest BCUT2D eigenvalue weighted by molar-refractivity contribution is 0.0458. The number of carbonyl (C=O) groups is 1. The highest BCUT2D eigenvalue weighted by Crippen LogP contribution is 2.09. The maximum absolute atomic E-state index is 11.8. The first kappa shape index (κ1) is 15.7. The van der Waals surface area contributed by atoms with Gasteiger partial charge >= 0.3 is 5.97 Å². The third-order valence-corrected chi connectivity index (χ3v) is 2.62. The van der Waals surface area contributed by atoms with Crippen molar-refractivity contribution in [2.45, 2.75) is 40.2 Å². The van der Waals surface area contributed by atoms with E-state index in [4.69, 9.17) is 9.47 Å². The lowest BCUT2D eigenvalue weighted by atomic mass is 10.1. The standard InChI is InChI=1S/C16H24O3/c1-4-5-9-18-12-14-7-6-8-15(10-14)16(17)19-11-13(2)3/h6-8,10,13H,4-5,9,11-12H2,1-3H3. The van der Waals surface area contributed by atoms with Crippen molar-refractivity contribution in [3.63, 3.8) is 0 Å². The molecule has 0 saturated carbocycles. The van der Waals surface area contributed by atoms with Crippen molar-refractivity contribution in [1.29, 1.82) is 0 Å². The molecule has 3 nitrogen and oxygen atoms in total. The van der Waals surface area contributed by atoms with E-state index in [-0.39, 0.29) is 5.97 Å². The molecule has 0 aliphatic carbocycles. The molecule has 106 valence electrons. The van der Waals surface area contributed by atoms with E-state index in [1.165, 1.54) is 0 Å². The van der Waals surface area contributed by atoms with Crippen molar-refractivity contribution in [3.8, 4) is 0 Å². The van der Waals surface area contributed by atoms with Crippen LogP contribution >= 0.6 is 0 Å². The molecule has 0 radical (unpaired) electrons. The van der Waals surface area contributed by atoms with Crippen molar-refractivity contribution in [1.82, 2.24) is 0 Å². The van der Waals surface area contributed by atoms with Gasteiger partial charge in [0.2, 0.25) is 0 Å². The van der Waals surface area contributed by atoms with Crippen LogP contribution in [0.1, 0.15) is 49.5 Å². The number of hydrogen-bond acceptors (Lipinski definition) is 3. The molecule has 0 N–H and O–H groups in total. The van der Waals surface area contributed by atoms with E-state index < -0.39 is 0 Å². The van der Waals surface area contributed by atoms with Gasteiger partial charge in [-0.1, -0.05) is 39.3 Å². The van der Waals surface area contributed by atoms with Gasteiger partial charge in [-0.3, -0.25) is 0 Å². The molecule has 0 unspecified atom stereocenters. The summed E-state index contributed by atoms with van der Waals surface area (Å²) in [6, 6.07) is 7.45. The fourth-order valence-corrected chi connectivity index (χ4v) is 1.55. The largest absolute Gasteiger partial charge is 0.462 e. The molecule has 19 heavy (non-hydrogen) atoms. The van der Waals surface area contributed by atoms with Crippen molar-refractivity contribution in [2.24, 2.45) is 5.92 Å². The van der Waals surface area contributed by atoms with E-state index in [1.807, 2.05) is 32.0 Å². The third-order valence-electron chi connectivity index (χ3n) is 2.62. The van der Waals surface area contributed by atoms with Crippen LogP contribution in [0.15, 0.2) is 24.3 Å². The molecule has 0 amide bonds. The Morgan fingerprint density at radius 1 is 1.32 bits per heavy atom. The van der Waals surface area contributed by atoms with Gasteiger partial charge < -0.3 is 9.47 Å². The van der Waals surface area contributed by atoms with Crippen molar-refractivity contribution in [2.75, 3.05) is 13.2 Å². The second-order valence-corrected chi connectivity index (χ2v) is 5.10. The predicted octanol–water partition coefficient (Wildman–Crippen LogP) is 3.82. The first-order valence-corrected chi connectivity index (χ1v) is 6.97. The molecular weight excluding hydrogens is 240 g/mol. The highest BCUT2D eigenvalue weighted by molar-refractivity contribution is 5.89. The Morgan fingerprint density at radius 2 is 2.11 bits per heavy atom. The number of hydrogen-bond donors (Lipinski definition) is 0. The molecule has 1 aromatic carbocycles. The second-order valence-electron chi connectivity index (χ2n) is 5.10. The van der Waals surface area contributed by atoms with Crippen LogP contribution in [0, 0.1) is 5.92 Å². The van der Waals surface area contributed by atoms with Crippen LogP contribution in [-0.2, 0) is 16.1 Å². The zero-order chi connectivity index (χ0) is 14.1. The zero-order valence-corrected chi connectivity index (χ0v) is 12.1. The van der Waals surface area contributed by atoms with E-state index in [9.17, 15) is 4.79 Å². The molecule has 0 aliphatic rings. The van der Waals surface area contributed by atoms with Crippen LogP contribution in [0.2, 0.25) is 0 Å². The van der Waals surface area contributed by atoms with Gasteiger partial charge in [-0.05, 0) is 30.0 Å². The van der Waals surface area contributed by atoms with E-state index in [2.05, 4.69) is 6.92 Å². The van der Waals surface area contributed by atoms with Gasteiger partial charge in [-0.2, -0.15) is 0 Å². The zero-order valence-electron chi connectivity index (χ0n) is 12.1. The molecule has 0 spiro atoms. The summed E-state index contributed by atoms with van der Waals surface area (Å²) in [7, 11) is 0. The molecule has 0 saturated heterocycles. The minimum absolute atomic E-state index is 0.260. The third kappa shape index (κ3) is 6.39. The normalized spacial score (nSPS) is 10.7. The minimum Gasteiger partial charge on any atom is -0.462 e. The van der Waals surface area contributed by atoms with Crippen LogP contribution in [0.5, 0.6) is 0 Å². The van der Waals surface area contributed by atoms with Gasteiger partial charge in [-0.15, -0.1) is 0 Å². The SMILES string of the molecule is CCCCOCc1cccc(C(=O)OCC(C)C)c1.